The number of morpholine rings is 1. The molecule has 1 aliphatic rings. The van der Waals surface area contributed by atoms with Gasteiger partial charge in [-0.15, -0.1) is 11.3 Å². The molecule has 0 bridgehead atoms. The number of nitrogens with one attached hydrogen (secondary N) is 1. The SMILES string of the molecule is Cc1ccc(-c2csc(NC(=O)c3cc([N+](=O)[O-])ccc3N3CCOCC3)n2)cc1C. The van der Waals surface area contributed by atoms with Gasteiger partial charge in [0.05, 0.1) is 35.1 Å². The number of benzene rings is 2. The minimum atomic E-state index is -0.499. The van der Waals surface area contributed by atoms with Crippen molar-refractivity contribution in [2.75, 3.05) is 36.5 Å². The van der Waals surface area contributed by atoms with Gasteiger partial charge in [-0.1, -0.05) is 12.1 Å². The van der Waals surface area contributed by atoms with Crippen molar-refractivity contribution in [3.8, 4) is 11.3 Å². The molecule has 0 radical (unpaired) electrons. The Hall–Kier alpha value is -3.30. The van der Waals surface area contributed by atoms with E-state index in [1.54, 1.807) is 6.07 Å². The largest absolute Gasteiger partial charge is 0.378 e. The summed E-state index contributed by atoms with van der Waals surface area (Å²) in [5, 5.41) is 16.4. The molecule has 1 aliphatic heterocycles. The molecule has 1 N–H and O–H groups in total. The van der Waals surface area contributed by atoms with Gasteiger partial charge in [0.25, 0.3) is 11.6 Å². The number of hydrogen-bond donors (Lipinski definition) is 1. The van der Waals surface area contributed by atoms with Crippen LogP contribution in [0.5, 0.6) is 0 Å². The van der Waals surface area contributed by atoms with Crippen LogP contribution < -0.4 is 10.2 Å². The van der Waals surface area contributed by atoms with E-state index >= 15 is 0 Å². The van der Waals surface area contributed by atoms with E-state index < -0.39 is 10.8 Å². The second-order valence-electron chi connectivity index (χ2n) is 7.35. The molecule has 3 aromatic rings. The van der Waals surface area contributed by atoms with Gasteiger partial charge in [0.1, 0.15) is 0 Å². The Morgan fingerprint density at radius 3 is 2.65 bits per heavy atom. The molecule has 0 saturated carbocycles. The molecule has 4 rings (SSSR count). The molecular formula is C22H22N4O4S. The van der Waals surface area contributed by atoms with Gasteiger partial charge >= 0.3 is 0 Å². The highest BCUT2D eigenvalue weighted by atomic mass is 32.1. The first-order valence-corrected chi connectivity index (χ1v) is 10.8. The highest BCUT2D eigenvalue weighted by molar-refractivity contribution is 7.14. The summed E-state index contributed by atoms with van der Waals surface area (Å²) in [4.78, 5) is 30.4. The average Bonchev–Trinajstić information content (AvgIpc) is 3.24. The maximum absolute atomic E-state index is 13.1. The number of aromatic nitrogens is 1. The molecule has 160 valence electrons. The van der Waals surface area contributed by atoms with Gasteiger partial charge < -0.3 is 9.64 Å². The lowest BCUT2D eigenvalue weighted by atomic mass is 10.1. The second-order valence-corrected chi connectivity index (χ2v) is 8.21. The molecule has 31 heavy (non-hydrogen) atoms. The third-order valence-corrected chi connectivity index (χ3v) is 6.07. The number of rotatable bonds is 5. The monoisotopic (exact) mass is 438 g/mol. The normalized spacial score (nSPS) is 13.8. The van der Waals surface area contributed by atoms with Gasteiger partial charge in [0, 0.05) is 36.2 Å². The van der Waals surface area contributed by atoms with Crippen molar-refractivity contribution >= 4 is 33.8 Å². The number of non-ortho nitro benzene ring substituents is 1. The fourth-order valence-corrected chi connectivity index (χ4v) is 4.14. The number of nitro groups is 1. The Morgan fingerprint density at radius 1 is 1.16 bits per heavy atom. The lowest BCUT2D eigenvalue weighted by Crippen LogP contribution is -2.37. The van der Waals surface area contributed by atoms with Crippen molar-refractivity contribution in [3.63, 3.8) is 0 Å². The maximum atomic E-state index is 13.1. The van der Waals surface area contributed by atoms with E-state index in [4.69, 9.17) is 4.74 Å². The predicted octanol–water partition coefficient (Wildman–Crippen LogP) is 4.42. The Morgan fingerprint density at radius 2 is 1.94 bits per heavy atom. The fourth-order valence-electron chi connectivity index (χ4n) is 3.43. The van der Waals surface area contributed by atoms with Crippen LogP contribution in [0.15, 0.2) is 41.8 Å². The minimum Gasteiger partial charge on any atom is -0.378 e. The molecule has 0 aliphatic carbocycles. The average molecular weight is 439 g/mol. The third kappa shape index (κ3) is 4.57. The van der Waals surface area contributed by atoms with Gasteiger partial charge in [-0.2, -0.15) is 0 Å². The number of hydrogen-bond acceptors (Lipinski definition) is 7. The molecule has 1 fully saturated rings. The topological polar surface area (TPSA) is 97.6 Å². The fraction of sp³-hybridized carbons (Fsp3) is 0.273. The number of anilines is 2. The quantitative estimate of drug-likeness (QED) is 0.468. The molecule has 0 atom stereocenters. The zero-order valence-electron chi connectivity index (χ0n) is 17.3. The summed E-state index contributed by atoms with van der Waals surface area (Å²) >= 11 is 1.32. The summed E-state index contributed by atoms with van der Waals surface area (Å²) in [5.41, 5.74) is 4.89. The number of thiazole rings is 1. The first kappa shape index (κ1) is 21.0. The highest BCUT2D eigenvalue weighted by Crippen LogP contribution is 2.30. The zero-order valence-corrected chi connectivity index (χ0v) is 18.1. The van der Waals surface area contributed by atoms with Crippen molar-refractivity contribution in [2.24, 2.45) is 0 Å². The van der Waals surface area contributed by atoms with E-state index in [9.17, 15) is 14.9 Å². The lowest BCUT2D eigenvalue weighted by Gasteiger charge is -2.30. The third-order valence-electron chi connectivity index (χ3n) is 5.31. The molecule has 1 aromatic heterocycles. The van der Waals surface area contributed by atoms with E-state index in [1.807, 2.05) is 29.3 Å². The van der Waals surface area contributed by atoms with Crippen LogP contribution in [0.1, 0.15) is 21.5 Å². The maximum Gasteiger partial charge on any atom is 0.270 e. The highest BCUT2D eigenvalue weighted by Gasteiger charge is 2.23. The van der Waals surface area contributed by atoms with Gasteiger partial charge in [-0.05, 0) is 37.1 Å². The first-order valence-electron chi connectivity index (χ1n) is 9.88. The van der Waals surface area contributed by atoms with E-state index in [1.165, 1.54) is 34.6 Å². The number of ether oxygens (including phenoxy) is 1. The molecule has 1 amide bonds. The number of carbonyl (C=O) groups is 1. The van der Waals surface area contributed by atoms with Crippen molar-refractivity contribution in [3.05, 3.63) is 68.6 Å². The Bertz CT molecular complexity index is 1140. The summed E-state index contributed by atoms with van der Waals surface area (Å²) in [7, 11) is 0. The van der Waals surface area contributed by atoms with E-state index in [0.29, 0.717) is 37.1 Å². The molecular weight excluding hydrogens is 416 g/mol. The van der Waals surface area contributed by atoms with E-state index in [2.05, 4.69) is 23.3 Å². The second kappa shape index (κ2) is 8.83. The molecule has 0 unspecified atom stereocenters. The molecule has 8 nitrogen and oxygen atoms in total. The molecule has 1 saturated heterocycles. The van der Waals surface area contributed by atoms with E-state index in [0.717, 1.165) is 11.3 Å². The number of nitro benzene ring substituents is 1. The zero-order chi connectivity index (χ0) is 22.0. The molecule has 2 aromatic carbocycles. The van der Waals surface area contributed by atoms with Crippen LogP contribution in [0.4, 0.5) is 16.5 Å². The van der Waals surface area contributed by atoms with Crippen LogP contribution in [0.3, 0.4) is 0 Å². The Labute approximate surface area is 183 Å². The van der Waals surface area contributed by atoms with Crippen molar-refractivity contribution < 1.29 is 14.5 Å². The predicted molar refractivity (Wildman–Crippen MR) is 121 cm³/mol. The van der Waals surface area contributed by atoms with Crippen LogP contribution in [-0.2, 0) is 4.74 Å². The Kier molecular flexibility index (Phi) is 5.97. The Balaban J connectivity index is 1.60. The summed E-state index contributed by atoms with van der Waals surface area (Å²) in [6.45, 7) is 6.42. The lowest BCUT2D eigenvalue weighted by molar-refractivity contribution is -0.384. The summed E-state index contributed by atoms with van der Waals surface area (Å²) < 4.78 is 5.38. The molecule has 9 heteroatoms. The van der Waals surface area contributed by atoms with E-state index in [-0.39, 0.29) is 11.3 Å². The molecule has 2 heterocycles. The van der Waals surface area contributed by atoms with Gasteiger partial charge in [0.15, 0.2) is 5.13 Å². The van der Waals surface area contributed by atoms with Crippen molar-refractivity contribution in [2.45, 2.75) is 13.8 Å². The van der Waals surface area contributed by atoms with Crippen molar-refractivity contribution in [1.82, 2.24) is 4.98 Å². The number of amides is 1. The van der Waals surface area contributed by atoms with Crippen LogP contribution in [0.25, 0.3) is 11.3 Å². The minimum absolute atomic E-state index is 0.128. The number of carbonyl (C=O) groups excluding carboxylic acids is 1. The smallest absolute Gasteiger partial charge is 0.270 e. The summed E-state index contributed by atoms with van der Waals surface area (Å²) in [6.07, 6.45) is 0. The van der Waals surface area contributed by atoms with Crippen LogP contribution in [0, 0.1) is 24.0 Å². The van der Waals surface area contributed by atoms with Crippen LogP contribution in [0.2, 0.25) is 0 Å². The first-order chi connectivity index (χ1) is 14.9. The number of aryl methyl sites for hydroxylation is 2. The van der Waals surface area contributed by atoms with Crippen LogP contribution in [-0.4, -0.2) is 42.1 Å². The summed E-state index contributed by atoms with van der Waals surface area (Å²) in [5.74, 6) is -0.425. The van der Waals surface area contributed by atoms with Crippen LogP contribution >= 0.6 is 11.3 Å². The molecule has 0 spiro atoms. The standard InChI is InChI=1S/C22H22N4O4S/c1-14-3-4-16(11-15(14)2)19-13-31-22(23-19)24-21(27)18-12-17(26(28)29)5-6-20(18)25-7-9-30-10-8-25/h3-6,11-13H,7-10H2,1-2H3,(H,23,24,27). The van der Waals surface area contributed by atoms with Crippen molar-refractivity contribution in [1.29, 1.82) is 0 Å². The summed E-state index contributed by atoms with van der Waals surface area (Å²) in [6, 6.07) is 10.5. The van der Waals surface area contributed by atoms with Gasteiger partial charge in [-0.25, -0.2) is 4.98 Å². The number of nitrogens with zero attached hydrogens (tertiary/aromatic N) is 3. The van der Waals surface area contributed by atoms with Gasteiger partial charge in [-0.3, -0.25) is 20.2 Å². The van der Waals surface area contributed by atoms with Gasteiger partial charge in [0.2, 0.25) is 0 Å².